The predicted octanol–water partition coefficient (Wildman–Crippen LogP) is 2.49. The van der Waals surface area contributed by atoms with Crippen molar-refractivity contribution in [3.8, 4) is 11.5 Å². The molecular weight excluding hydrogens is 264 g/mol. The van der Waals surface area contributed by atoms with Crippen LogP contribution >= 0.6 is 11.6 Å². The van der Waals surface area contributed by atoms with Crippen molar-refractivity contribution < 1.29 is 9.84 Å². The van der Waals surface area contributed by atoms with Gasteiger partial charge in [0.2, 0.25) is 0 Å². The van der Waals surface area contributed by atoms with E-state index >= 15 is 0 Å². The summed E-state index contributed by atoms with van der Waals surface area (Å²) in [6.45, 7) is 2.60. The maximum atomic E-state index is 9.96. The Hall–Kier alpha value is -0.970. The summed E-state index contributed by atoms with van der Waals surface area (Å²) in [6.07, 6.45) is 2.27. The van der Waals surface area contributed by atoms with Gasteiger partial charge in [-0.15, -0.1) is 0 Å². The zero-order chi connectivity index (χ0) is 14.3. The average Bonchev–Trinajstić information content (AvgIpc) is 2.36. The Morgan fingerprint density at radius 3 is 2.68 bits per heavy atom. The fraction of sp³-hybridized carbons (Fsp3) is 0.571. The number of halogens is 1. The molecule has 0 aliphatic heterocycles. The van der Waals surface area contributed by atoms with Crippen LogP contribution in [0, 0.1) is 0 Å². The van der Waals surface area contributed by atoms with Crippen LogP contribution in [0.2, 0.25) is 5.02 Å². The second-order valence-corrected chi connectivity index (χ2v) is 5.24. The zero-order valence-electron chi connectivity index (χ0n) is 11.9. The molecule has 1 rings (SSSR count). The normalized spacial score (nSPS) is 11.0. The quantitative estimate of drug-likeness (QED) is 0.721. The first-order valence-corrected chi connectivity index (χ1v) is 6.83. The lowest BCUT2D eigenvalue weighted by molar-refractivity contribution is 0.369. The number of ether oxygens (including phenoxy) is 1. The molecule has 0 bridgehead atoms. The van der Waals surface area contributed by atoms with Crippen LogP contribution in [0.3, 0.4) is 0 Å². The SMILES string of the molecule is COc1cc(Cl)cc(CNCCCCN(C)C)c1O. The van der Waals surface area contributed by atoms with Crippen LogP contribution < -0.4 is 10.1 Å². The molecule has 0 heterocycles. The van der Waals surface area contributed by atoms with E-state index in [0.29, 0.717) is 17.3 Å². The number of methoxy groups -OCH3 is 1. The molecule has 0 fully saturated rings. The fourth-order valence-electron chi connectivity index (χ4n) is 1.82. The van der Waals surface area contributed by atoms with Gasteiger partial charge >= 0.3 is 0 Å². The number of phenols is 1. The van der Waals surface area contributed by atoms with E-state index in [4.69, 9.17) is 16.3 Å². The van der Waals surface area contributed by atoms with Gasteiger partial charge < -0.3 is 20.1 Å². The molecule has 108 valence electrons. The molecular formula is C14H23ClN2O2. The summed E-state index contributed by atoms with van der Waals surface area (Å²) in [7, 11) is 5.66. The number of benzene rings is 1. The molecule has 0 unspecified atom stereocenters. The van der Waals surface area contributed by atoms with E-state index < -0.39 is 0 Å². The highest BCUT2D eigenvalue weighted by molar-refractivity contribution is 6.30. The number of rotatable bonds is 8. The monoisotopic (exact) mass is 286 g/mol. The van der Waals surface area contributed by atoms with Crippen LogP contribution in [0.15, 0.2) is 12.1 Å². The Balaban J connectivity index is 2.39. The molecule has 1 aromatic rings. The Kier molecular flexibility index (Phi) is 6.99. The van der Waals surface area contributed by atoms with Gasteiger partial charge in [-0.3, -0.25) is 0 Å². The molecule has 0 saturated carbocycles. The standard InChI is InChI=1S/C14H23ClN2O2/c1-17(2)7-5-4-6-16-10-11-8-12(15)9-13(19-3)14(11)18/h8-9,16,18H,4-7,10H2,1-3H3. The molecule has 0 amide bonds. The van der Waals surface area contributed by atoms with Gasteiger partial charge in [-0.2, -0.15) is 0 Å². The van der Waals surface area contributed by atoms with E-state index in [0.717, 1.165) is 31.5 Å². The fourth-order valence-corrected chi connectivity index (χ4v) is 2.05. The maximum Gasteiger partial charge on any atom is 0.162 e. The van der Waals surface area contributed by atoms with Crippen molar-refractivity contribution in [2.75, 3.05) is 34.3 Å². The van der Waals surface area contributed by atoms with Crippen molar-refractivity contribution in [1.29, 1.82) is 0 Å². The summed E-state index contributed by atoms with van der Waals surface area (Å²) in [5.74, 6) is 0.574. The van der Waals surface area contributed by atoms with Gasteiger partial charge in [-0.25, -0.2) is 0 Å². The molecule has 0 spiro atoms. The molecule has 0 atom stereocenters. The van der Waals surface area contributed by atoms with Gasteiger partial charge in [0.15, 0.2) is 11.5 Å². The molecule has 4 nitrogen and oxygen atoms in total. The van der Waals surface area contributed by atoms with Gasteiger partial charge in [0, 0.05) is 23.2 Å². The second-order valence-electron chi connectivity index (χ2n) is 4.80. The van der Waals surface area contributed by atoms with Crippen molar-refractivity contribution >= 4 is 11.6 Å². The molecule has 0 radical (unpaired) electrons. The van der Waals surface area contributed by atoms with E-state index in [-0.39, 0.29) is 5.75 Å². The Morgan fingerprint density at radius 1 is 1.32 bits per heavy atom. The number of aromatic hydroxyl groups is 1. The van der Waals surface area contributed by atoms with Crippen LogP contribution in [0.4, 0.5) is 0 Å². The predicted molar refractivity (Wildman–Crippen MR) is 79.2 cm³/mol. The summed E-state index contributed by atoms with van der Waals surface area (Å²) in [5.41, 5.74) is 0.761. The first-order chi connectivity index (χ1) is 9.04. The first-order valence-electron chi connectivity index (χ1n) is 6.45. The van der Waals surface area contributed by atoms with Crippen LogP contribution in [-0.2, 0) is 6.54 Å². The van der Waals surface area contributed by atoms with Crippen LogP contribution in [0.1, 0.15) is 18.4 Å². The largest absolute Gasteiger partial charge is 0.504 e. The number of unbranched alkanes of at least 4 members (excludes halogenated alkanes) is 1. The molecule has 1 aromatic carbocycles. The molecule has 19 heavy (non-hydrogen) atoms. The minimum atomic E-state index is 0.160. The third kappa shape index (κ3) is 5.68. The Labute approximate surface area is 120 Å². The van der Waals surface area contributed by atoms with E-state index in [1.165, 1.54) is 7.11 Å². The molecule has 0 aliphatic carbocycles. The van der Waals surface area contributed by atoms with E-state index in [9.17, 15) is 5.11 Å². The molecule has 0 saturated heterocycles. The lowest BCUT2D eigenvalue weighted by Gasteiger charge is -2.12. The minimum Gasteiger partial charge on any atom is -0.504 e. The van der Waals surface area contributed by atoms with Crippen LogP contribution in [0.5, 0.6) is 11.5 Å². The minimum absolute atomic E-state index is 0.160. The Bertz CT molecular complexity index is 397. The van der Waals surface area contributed by atoms with E-state index in [1.807, 2.05) is 0 Å². The summed E-state index contributed by atoms with van der Waals surface area (Å²) in [4.78, 5) is 2.17. The van der Waals surface area contributed by atoms with Gasteiger partial charge in [0.25, 0.3) is 0 Å². The summed E-state index contributed by atoms with van der Waals surface area (Å²) in [5, 5.41) is 13.8. The third-order valence-electron chi connectivity index (χ3n) is 2.86. The van der Waals surface area contributed by atoms with Gasteiger partial charge in [0.05, 0.1) is 7.11 Å². The Morgan fingerprint density at radius 2 is 2.05 bits per heavy atom. The lowest BCUT2D eigenvalue weighted by atomic mass is 10.2. The average molecular weight is 287 g/mol. The lowest BCUT2D eigenvalue weighted by Crippen LogP contribution is -2.18. The van der Waals surface area contributed by atoms with Crippen molar-refractivity contribution in [3.05, 3.63) is 22.7 Å². The first kappa shape index (κ1) is 16.1. The number of nitrogens with one attached hydrogen (secondary N) is 1. The van der Waals surface area contributed by atoms with Crippen molar-refractivity contribution in [2.24, 2.45) is 0 Å². The highest BCUT2D eigenvalue weighted by Gasteiger charge is 2.09. The van der Waals surface area contributed by atoms with Gasteiger partial charge in [-0.05, 0) is 46.1 Å². The summed E-state index contributed by atoms with van der Waals surface area (Å²) >= 11 is 5.97. The molecule has 0 aromatic heterocycles. The van der Waals surface area contributed by atoms with Crippen LogP contribution in [0.25, 0.3) is 0 Å². The highest BCUT2D eigenvalue weighted by atomic mass is 35.5. The zero-order valence-corrected chi connectivity index (χ0v) is 12.6. The number of phenolic OH excluding ortho intramolecular Hbond substituents is 1. The van der Waals surface area contributed by atoms with Crippen molar-refractivity contribution in [3.63, 3.8) is 0 Å². The summed E-state index contributed by atoms with van der Waals surface area (Å²) < 4.78 is 5.07. The third-order valence-corrected chi connectivity index (χ3v) is 3.08. The topological polar surface area (TPSA) is 44.7 Å². The molecule has 2 N–H and O–H groups in total. The van der Waals surface area contributed by atoms with Gasteiger partial charge in [0.1, 0.15) is 0 Å². The number of hydrogen-bond donors (Lipinski definition) is 2. The van der Waals surface area contributed by atoms with E-state index in [1.54, 1.807) is 12.1 Å². The number of hydrogen-bond acceptors (Lipinski definition) is 4. The molecule has 5 heteroatoms. The van der Waals surface area contributed by atoms with Crippen molar-refractivity contribution in [2.45, 2.75) is 19.4 Å². The van der Waals surface area contributed by atoms with Crippen LogP contribution in [-0.4, -0.2) is 44.3 Å². The van der Waals surface area contributed by atoms with Gasteiger partial charge in [-0.1, -0.05) is 11.6 Å². The smallest absolute Gasteiger partial charge is 0.162 e. The number of nitrogens with zero attached hydrogens (tertiary/aromatic N) is 1. The summed E-state index contributed by atoms with van der Waals surface area (Å²) in [6, 6.07) is 3.36. The highest BCUT2D eigenvalue weighted by Crippen LogP contribution is 2.33. The maximum absolute atomic E-state index is 9.96. The van der Waals surface area contributed by atoms with Crippen molar-refractivity contribution in [1.82, 2.24) is 10.2 Å². The molecule has 0 aliphatic rings. The van der Waals surface area contributed by atoms with E-state index in [2.05, 4.69) is 24.3 Å². The second kappa shape index (κ2) is 8.25.